The summed E-state index contributed by atoms with van der Waals surface area (Å²) in [5.74, 6) is 1.78. The molecule has 0 unspecified atom stereocenters. The SMILES string of the molecule is Clc1ccc(-c2cnc(-c3ccnc(N4CCNCC4)c3)[nH]2)cc1Cl. The zero-order valence-electron chi connectivity index (χ0n) is 13.5. The van der Waals surface area contributed by atoms with Crippen molar-refractivity contribution < 1.29 is 0 Å². The number of nitrogens with zero attached hydrogens (tertiary/aromatic N) is 3. The van der Waals surface area contributed by atoms with E-state index in [1.54, 1.807) is 12.3 Å². The van der Waals surface area contributed by atoms with E-state index in [1.165, 1.54) is 0 Å². The van der Waals surface area contributed by atoms with Crippen LogP contribution in [0.25, 0.3) is 22.6 Å². The number of aromatic nitrogens is 3. The molecule has 4 rings (SSSR count). The van der Waals surface area contributed by atoms with E-state index in [4.69, 9.17) is 23.2 Å². The number of halogens is 2. The van der Waals surface area contributed by atoms with E-state index in [0.29, 0.717) is 10.0 Å². The minimum Gasteiger partial charge on any atom is -0.354 e. The molecule has 0 spiro atoms. The van der Waals surface area contributed by atoms with Gasteiger partial charge >= 0.3 is 0 Å². The Morgan fingerprint density at radius 1 is 0.920 bits per heavy atom. The summed E-state index contributed by atoms with van der Waals surface area (Å²) in [5.41, 5.74) is 2.86. The van der Waals surface area contributed by atoms with Gasteiger partial charge in [-0.25, -0.2) is 9.97 Å². The molecule has 0 radical (unpaired) electrons. The van der Waals surface area contributed by atoms with E-state index >= 15 is 0 Å². The summed E-state index contributed by atoms with van der Waals surface area (Å²) in [6.45, 7) is 3.88. The zero-order valence-corrected chi connectivity index (χ0v) is 15.0. The van der Waals surface area contributed by atoms with Gasteiger partial charge in [-0.05, 0) is 24.3 Å². The van der Waals surface area contributed by atoms with Gasteiger partial charge in [-0.3, -0.25) is 0 Å². The van der Waals surface area contributed by atoms with Crippen LogP contribution in [-0.4, -0.2) is 41.1 Å². The van der Waals surface area contributed by atoms with Crippen molar-refractivity contribution in [2.75, 3.05) is 31.1 Å². The Morgan fingerprint density at radius 3 is 2.56 bits per heavy atom. The number of hydrogen-bond acceptors (Lipinski definition) is 4. The third-order valence-corrected chi connectivity index (χ3v) is 5.01. The van der Waals surface area contributed by atoms with Crippen molar-refractivity contribution in [3.8, 4) is 22.6 Å². The van der Waals surface area contributed by atoms with Gasteiger partial charge in [-0.15, -0.1) is 0 Å². The summed E-state index contributed by atoms with van der Waals surface area (Å²) < 4.78 is 0. The van der Waals surface area contributed by atoms with Crippen LogP contribution >= 0.6 is 23.2 Å². The molecule has 5 nitrogen and oxygen atoms in total. The number of rotatable bonds is 3. The number of hydrogen-bond donors (Lipinski definition) is 2. The molecule has 1 aliphatic heterocycles. The van der Waals surface area contributed by atoms with Crippen LogP contribution in [0.3, 0.4) is 0 Å². The van der Waals surface area contributed by atoms with Crippen LogP contribution in [0, 0.1) is 0 Å². The summed E-state index contributed by atoms with van der Waals surface area (Å²) in [7, 11) is 0. The van der Waals surface area contributed by atoms with Gasteiger partial charge < -0.3 is 15.2 Å². The Morgan fingerprint density at radius 2 is 1.76 bits per heavy atom. The number of piperazine rings is 1. The molecular weight excluding hydrogens is 357 g/mol. The van der Waals surface area contributed by atoms with E-state index in [1.807, 2.05) is 24.4 Å². The molecule has 0 aliphatic carbocycles. The first kappa shape index (κ1) is 16.4. The highest BCUT2D eigenvalue weighted by Gasteiger charge is 2.13. The van der Waals surface area contributed by atoms with Crippen LogP contribution < -0.4 is 10.2 Å². The van der Waals surface area contributed by atoms with E-state index in [0.717, 1.165) is 54.6 Å². The molecule has 3 aromatic rings. The van der Waals surface area contributed by atoms with Gasteiger partial charge in [-0.2, -0.15) is 0 Å². The number of imidazole rings is 1. The number of pyridine rings is 1. The van der Waals surface area contributed by atoms with Gasteiger partial charge in [0.25, 0.3) is 0 Å². The Labute approximate surface area is 156 Å². The number of benzene rings is 1. The first-order valence-corrected chi connectivity index (χ1v) is 8.89. The van der Waals surface area contributed by atoms with Crippen LogP contribution in [0.2, 0.25) is 10.0 Å². The van der Waals surface area contributed by atoms with Gasteiger partial charge in [-0.1, -0.05) is 29.3 Å². The lowest BCUT2D eigenvalue weighted by molar-refractivity contribution is 0.585. The standard InChI is InChI=1S/C18H17Cl2N5/c19-14-2-1-12(9-15(14)20)16-11-23-18(24-16)13-3-4-22-17(10-13)25-7-5-21-6-8-25/h1-4,9-11,21H,5-8H2,(H,23,24). The lowest BCUT2D eigenvalue weighted by Crippen LogP contribution is -2.43. The lowest BCUT2D eigenvalue weighted by atomic mass is 10.2. The van der Waals surface area contributed by atoms with E-state index in [9.17, 15) is 0 Å². The van der Waals surface area contributed by atoms with Crippen LogP contribution in [0.15, 0.2) is 42.7 Å². The van der Waals surface area contributed by atoms with Gasteiger partial charge in [0.05, 0.1) is 21.9 Å². The fraction of sp³-hybridized carbons (Fsp3) is 0.222. The highest BCUT2D eigenvalue weighted by Crippen LogP contribution is 2.29. The molecule has 25 heavy (non-hydrogen) atoms. The van der Waals surface area contributed by atoms with Crippen molar-refractivity contribution in [3.05, 3.63) is 52.8 Å². The molecule has 1 saturated heterocycles. The summed E-state index contributed by atoms with van der Waals surface area (Å²) >= 11 is 12.1. The average Bonchev–Trinajstić information content (AvgIpc) is 3.15. The quantitative estimate of drug-likeness (QED) is 0.731. The molecule has 2 aromatic heterocycles. The number of nitrogens with one attached hydrogen (secondary N) is 2. The fourth-order valence-corrected chi connectivity index (χ4v) is 3.21. The maximum Gasteiger partial charge on any atom is 0.137 e. The van der Waals surface area contributed by atoms with Gasteiger partial charge in [0.2, 0.25) is 0 Å². The van der Waals surface area contributed by atoms with Crippen molar-refractivity contribution in [1.29, 1.82) is 0 Å². The Kier molecular flexibility index (Phi) is 4.61. The summed E-state index contributed by atoms with van der Waals surface area (Å²) in [4.78, 5) is 14.6. The topological polar surface area (TPSA) is 56.8 Å². The first-order chi connectivity index (χ1) is 12.2. The van der Waals surface area contributed by atoms with Gasteiger partial charge in [0, 0.05) is 43.5 Å². The van der Waals surface area contributed by atoms with Crippen molar-refractivity contribution in [3.63, 3.8) is 0 Å². The molecule has 1 aliphatic rings. The minimum atomic E-state index is 0.528. The molecule has 2 N–H and O–H groups in total. The Bertz CT molecular complexity index is 887. The van der Waals surface area contributed by atoms with Crippen LogP contribution in [0.1, 0.15) is 0 Å². The second kappa shape index (κ2) is 7.04. The molecule has 3 heterocycles. The zero-order chi connectivity index (χ0) is 17.2. The molecule has 0 amide bonds. The highest BCUT2D eigenvalue weighted by molar-refractivity contribution is 6.42. The first-order valence-electron chi connectivity index (χ1n) is 8.13. The molecule has 1 aromatic carbocycles. The third kappa shape index (κ3) is 3.49. The Hall–Kier alpha value is -2.08. The molecule has 1 fully saturated rings. The summed E-state index contributed by atoms with van der Waals surface area (Å²) in [6, 6.07) is 9.57. The lowest BCUT2D eigenvalue weighted by Gasteiger charge is -2.28. The average molecular weight is 374 g/mol. The maximum absolute atomic E-state index is 6.11. The van der Waals surface area contributed by atoms with Crippen molar-refractivity contribution in [2.24, 2.45) is 0 Å². The van der Waals surface area contributed by atoms with Crippen molar-refractivity contribution in [2.45, 2.75) is 0 Å². The maximum atomic E-state index is 6.11. The smallest absolute Gasteiger partial charge is 0.137 e. The van der Waals surface area contributed by atoms with Gasteiger partial charge in [0.15, 0.2) is 0 Å². The van der Waals surface area contributed by atoms with Crippen molar-refractivity contribution in [1.82, 2.24) is 20.3 Å². The molecule has 0 bridgehead atoms. The second-order valence-corrected chi connectivity index (χ2v) is 6.73. The van der Waals surface area contributed by atoms with E-state index in [2.05, 4.69) is 31.2 Å². The van der Waals surface area contributed by atoms with Crippen molar-refractivity contribution >= 4 is 29.0 Å². The fourth-order valence-electron chi connectivity index (χ4n) is 2.91. The third-order valence-electron chi connectivity index (χ3n) is 4.27. The molecular formula is C18H17Cl2N5. The molecule has 7 heteroatoms. The van der Waals surface area contributed by atoms with Crippen LogP contribution in [0.4, 0.5) is 5.82 Å². The second-order valence-electron chi connectivity index (χ2n) is 5.91. The molecule has 0 saturated carbocycles. The van der Waals surface area contributed by atoms with Crippen LogP contribution in [0.5, 0.6) is 0 Å². The highest BCUT2D eigenvalue weighted by atomic mass is 35.5. The number of aromatic amines is 1. The summed E-state index contributed by atoms with van der Waals surface area (Å²) in [5, 5.41) is 4.42. The molecule has 128 valence electrons. The van der Waals surface area contributed by atoms with Crippen LogP contribution in [-0.2, 0) is 0 Å². The minimum absolute atomic E-state index is 0.528. The predicted octanol–water partition coefficient (Wildman–Crippen LogP) is 3.86. The van der Waals surface area contributed by atoms with E-state index < -0.39 is 0 Å². The Balaban J connectivity index is 1.62. The monoisotopic (exact) mass is 373 g/mol. The predicted molar refractivity (Wildman–Crippen MR) is 102 cm³/mol. The largest absolute Gasteiger partial charge is 0.354 e. The summed E-state index contributed by atoms with van der Waals surface area (Å²) in [6.07, 6.45) is 3.63. The van der Waals surface area contributed by atoms with Gasteiger partial charge in [0.1, 0.15) is 11.6 Å². The molecule has 0 atom stereocenters. The number of H-pyrrole nitrogens is 1. The number of anilines is 1. The van der Waals surface area contributed by atoms with E-state index in [-0.39, 0.29) is 0 Å². The normalized spacial score (nSPS) is 14.7.